The van der Waals surface area contributed by atoms with Crippen LogP contribution >= 0.6 is 0 Å². The smallest absolute Gasteiger partial charge is 0.0317 e. The van der Waals surface area contributed by atoms with E-state index in [4.69, 9.17) is 0 Å². The predicted molar refractivity (Wildman–Crippen MR) is 81.0 cm³/mol. The second-order valence-electron chi connectivity index (χ2n) is 5.93. The average molecular weight is 245 g/mol. The van der Waals surface area contributed by atoms with E-state index in [9.17, 15) is 0 Å². The summed E-state index contributed by atoms with van der Waals surface area (Å²) >= 11 is 0. The highest BCUT2D eigenvalue weighted by Gasteiger charge is 2.14. The van der Waals surface area contributed by atoms with Crippen LogP contribution in [0.1, 0.15) is 57.2 Å². The molecule has 0 spiro atoms. The van der Waals surface area contributed by atoms with Gasteiger partial charge in [-0.2, -0.15) is 0 Å². The molecule has 0 aliphatic heterocycles. The van der Waals surface area contributed by atoms with Gasteiger partial charge in [-0.15, -0.1) is 6.58 Å². The van der Waals surface area contributed by atoms with Crippen molar-refractivity contribution in [2.75, 3.05) is 7.05 Å². The highest BCUT2D eigenvalue weighted by atomic mass is 14.9. The van der Waals surface area contributed by atoms with Crippen LogP contribution in [0.25, 0.3) is 0 Å². The highest BCUT2D eigenvalue weighted by Crippen LogP contribution is 2.25. The molecule has 0 saturated carbocycles. The Bertz CT molecular complexity index is 356. The molecule has 1 heteroatoms. The lowest BCUT2D eigenvalue weighted by Gasteiger charge is -2.21. The Balaban J connectivity index is 2.72. The van der Waals surface area contributed by atoms with Crippen LogP contribution < -0.4 is 5.32 Å². The molecule has 1 aromatic carbocycles. The van der Waals surface area contributed by atoms with Crippen LogP contribution in [0, 0.1) is 0 Å². The number of unbranched alkanes of at least 4 members (excludes halogenated alkanes) is 1. The van der Waals surface area contributed by atoms with Gasteiger partial charge in [-0.25, -0.2) is 0 Å². The van der Waals surface area contributed by atoms with E-state index in [-0.39, 0.29) is 5.41 Å². The Morgan fingerprint density at radius 2 is 1.83 bits per heavy atom. The van der Waals surface area contributed by atoms with Crippen LogP contribution in [0.3, 0.4) is 0 Å². The Morgan fingerprint density at radius 1 is 1.22 bits per heavy atom. The molecule has 0 radical (unpaired) electrons. The highest BCUT2D eigenvalue weighted by molar-refractivity contribution is 5.29. The number of hydrogen-bond donors (Lipinski definition) is 1. The first-order valence-corrected chi connectivity index (χ1v) is 6.87. The first-order chi connectivity index (χ1) is 8.49. The molecule has 100 valence electrons. The summed E-state index contributed by atoms with van der Waals surface area (Å²) in [6.45, 7) is 10.5. The summed E-state index contributed by atoms with van der Waals surface area (Å²) in [5.74, 6) is 0. The van der Waals surface area contributed by atoms with Gasteiger partial charge in [0, 0.05) is 6.04 Å². The summed E-state index contributed by atoms with van der Waals surface area (Å²) in [6.07, 6.45) is 5.45. The van der Waals surface area contributed by atoms with E-state index in [1.807, 2.05) is 13.1 Å². The summed E-state index contributed by atoms with van der Waals surface area (Å²) in [7, 11) is 2.04. The average Bonchev–Trinajstić information content (AvgIpc) is 2.34. The second kappa shape index (κ2) is 6.75. The molecule has 1 atom stereocenters. The van der Waals surface area contributed by atoms with E-state index in [0.29, 0.717) is 6.04 Å². The fourth-order valence-electron chi connectivity index (χ4n) is 2.16. The lowest BCUT2D eigenvalue weighted by atomic mass is 9.86. The van der Waals surface area contributed by atoms with Crippen molar-refractivity contribution in [2.24, 2.45) is 0 Å². The van der Waals surface area contributed by atoms with E-state index in [1.165, 1.54) is 17.5 Å². The van der Waals surface area contributed by atoms with Gasteiger partial charge in [0.25, 0.3) is 0 Å². The zero-order chi connectivity index (χ0) is 13.6. The van der Waals surface area contributed by atoms with E-state index >= 15 is 0 Å². The molecular weight excluding hydrogens is 218 g/mol. The van der Waals surface area contributed by atoms with Crippen LogP contribution in [0.15, 0.2) is 36.9 Å². The van der Waals surface area contributed by atoms with Gasteiger partial charge in [0.2, 0.25) is 0 Å². The van der Waals surface area contributed by atoms with Gasteiger partial charge in [0.1, 0.15) is 0 Å². The number of nitrogens with one attached hydrogen (secondary N) is 1. The fraction of sp³-hybridized carbons (Fsp3) is 0.529. The van der Waals surface area contributed by atoms with Crippen molar-refractivity contribution >= 4 is 0 Å². The first-order valence-electron chi connectivity index (χ1n) is 6.87. The molecule has 1 nitrogen and oxygen atoms in total. The number of rotatable bonds is 6. The maximum atomic E-state index is 3.77. The maximum Gasteiger partial charge on any atom is 0.0317 e. The normalized spacial score (nSPS) is 13.3. The van der Waals surface area contributed by atoms with Crippen LogP contribution in [-0.2, 0) is 5.41 Å². The molecular formula is C17H27N. The van der Waals surface area contributed by atoms with Gasteiger partial charge >= 0.3 is 0 Å². The maximum absolute atomic E-state index is 3.77. The first kappa shape index (κ1) is 15.0. The number of allylic oxidation sites excluding steroid dienone is 1. The third kappa shape index (κ3) is 4.30. The quantitative estimate of drug-likeness (QED) is 0.570. The van der Waals surface area contributed by atoms with E-state index < -0.39 is 0 Å². The Morgan fingerprint density at radius 3 is 2.28 bits per heavy atom. The van der Waals surface area contributed by atoms with Gasteiger partial charge in [0.05, 0.1) is 0 Å². The molecule has 0 bridgehead atoms. The zero-order valence-electron chi connectivity index (χ0n) is 12.3. The molecule has 0 fully saturated rings. The minimum absolute atomic E-state index is 0.233. The Hall–Kier alpha value is -1.08. The van der Waals surface area contributed by atoms with Crippen molar-refractivity contribution in [1.82, 2.24) is 5.32 Å². The zero-order valence-corrected chi connectivity index (χ0v) is 12.3. The van der Waals surface area contributed by atoms with E-state index in [2.05, 4.69) is 56.9 Å². The van der Waals surface area contributed by atoms with Gasteiger partial charge in [-0.05, 0) is 42.9 Å². The van der Waals surface area contributed by atoms with Crippen LogP contribution in [0.2, 0.25) is 0 Å². The lowest BCUT2D eigenvalue weighted by Crippen LogP contribution is -2.17. The standard InChI is InChI=1S/C17H27N/c1-6-7-8-9-16(18-5)14-10-12-15(13-11-14)17(2,3)4/h6,10-13,16,18H,1,7-9H2,2-5H3. The third-order valence-electron chi connectivity index (χ3n) is 3.43. The summed E-state index contributed by atoms with van der Waals surface area (Å²) in [4.78, 5) is 0. The number of benzene rings is 1. The minimum atomic E-state index is 0.233. The topological polar surface area (TPSA) is 12.0 Å². The molecule has 0 saturated heterocycles. The predicted octanol–water partition coefficient (Wildman–Crippen LogP) is 4.60. The molecule has 0 aliphatic carbocycles. The van der Waals surface area contributed by atoms with Gasteiger partial charge in [0.15, 0.2) is 0 Å². The van der Waals surface area contributed by atoms with Crippen molar-refractivity contribution in [2.45, 2.75) is 51.5 Å². The third-order valence-corrected chi connectivity index (χ3v) is 3.43. The van der Waals surface area contributed by atoms with E-state index in [0.717, 1.165) is 12.8 Å². The van der Waals surface area contributed by atoms with Crippen molar-refractivity contribution in [3.05, 3.63) is 48.0 Å². The van der Waals surface area contributed by atoms with Crippen LogP contribution in [-0.4, -0.2) is 7.05 Å². The lowest BCUT2D eigenvalue weighted by molar-refractivity contribution is 0.528. The van der Waals surface area contributed by atoms with Crippen molar-refractivity contribution in [3.63, 3.8) is 0 Å². The summed E-state index contributed by atoms with van der Waals surface area (Å²) in [6, 6.07) is 9.49. The molecule has 18 heavy (non-hydrogen) atoms. The monoisotopic (exact) mass is 245 g/mol. The van der Waals surface area contributed by atoms with Crippen LogP contribution in [0.4, 0.5) is 0 Å². The largest absolute Gasteiger partial charge is 0.313 e. The molecule has 1 unspecified atom stereocenters. The van der Waals surface area contributed by atoms with Gasteiger partial charge < -0.3 is 5.32 Å². The molecule has 1 aromatic rings. The molecule has 0 amide bonds. The summed E-state index contributed by atoms with van der Waals surface area (Å²) < 4.78 is 0. The summed E-state index contributed by atoms with van der Waals surface area (Å²) in [5, 5.41) is 3.40. The summed E-state index contributed by atoms with van der Waals surface area (Å²) in [5.41, 5.74) is 3.01. The molecule has 1 N–H and O–H groups in total. The van der Waals surface area contributed by atoms with Crippen molar-refractivity contribution in [1.29, 1.82) is 0 Å². The fourth-order valence-corrected chi connectivity index (χ4v) is 2.16. The van der Waals surface area contributed by atoms with Crippen molar-refractivity contribution < 1.29 is 0 Å². The molecule has 0 aliphatic rings. The minimum Gasteiger partial charge on any atom is -0.313 e. The Kier molecular flexibility index (Phi) is 5.61. The molecule has 0 aromatic heterocycles. The molecule has 1 rings (SSSR count). The SMILES string of the molecule is C=CCCCC(NC)c1ccc(C(C)(C)C)cc1. The Labute approximate surface area is 112 Å². The van der Waals surface area contributed by atoms with Gasteiger partial charge in [-0.3, -0.25) is 0 Å². The van der Waals surface area contributed by atoms with Gasteiger partial charge in [-0.1, -0.05) is 51.1 Å². The van der Waals surface area contributed by atoms with Crippen molar-refractivity contribution in [3.8, 4) is 0 Å². The molecule has 0 heterocycles. The van der Waals surface area contributed by atoms with E-state index in [1.54, 1.807) is 0 Å². The number of hydrogen-bond acceptors (Lipinski definition) is 1. The second-order valence-corrected chi connectivity index (χ2v) is 5.93. The van der Waals surface area contributed by atoms with Crippen LogP contribution in [0.5, 0.6) is 0 Å².